The van der Waals surface area contributed by atoms with E-state index in [0.29, 0.717) is 0 Å². The van der Waals surface area contributed by atoms with E-state index in [9.17, 15) is 29.3 Å². The van der Waals surface area contributed by atoms with E-state index < -0.39 is 56.3 Å². The predicted octanol–water partition coefficient (Wildman–Crippen LogP) is -1.30. The molecule has 4 N–H and O–H groups in total. The van der Waals surface area contributed by atoms with Gasteiger partial charge in [-0.1, -0.05) is 0 Å². The Balaban J connectivity index is 2.26. The van der Waals surface area contributed by atoms with Gasteiger partial charge in [0.15, 0.2) is 6.23 Å². The average Bonchev–Trinajstić information content (AvgIpc) is 2.74. The number of aromatic amines is 1. The molecule has 2 rings (SSSR count). The maximum atomic E-state index is 11.9. The van der Waals surface area contributed by atoms with Crippen molar-refractivity contribution < 1.29 is 33.5 Å². The van der Waals surface area contributed by atoms with Crippen LogP contribution in [-0.2, 0) is 18.3 Å². The first-order chi connectivity index (χ1) is 11.1. The van der Waals surface area contributed by atoms with E-state index in [0.717, 1.165) is 16.8 Å². The van der Waals surface area contributed by atoms with Gasteiger partial charge in [-0.3, -0.25) is 23.4 Å². The number of hydrogen-bond donors (Lipinski definition) is 4. The van der Waals surface area contributed by atoms with Crippen LogP contribution >= 0.6 is 7.82 Å². The fourth-order valence-corrected chi connectivity index (χ4v) is 3.45. The average molecular weight is 366 g/mol. The van der Waals surface area contributed by atoms with Gasteiger partial charge < -0.3 is 19.8 Å². The Bertz CT molecular complexity index is 730. The molecular formula is C12H19N2O9P. The molecule has 0 radical (unpaired) electrons. The molecule has 11 nitrogen and oxygen atoms in total. The summed E-state index contributed by atoms with van der Waals surface area (Å²) in [6, 6.07) is 1.04. The van der Waals surface area contributed by atoms with Crippen LogP contribution < -0.4 is 11.2 Å². The molecule has 1 saturated heterocycles. The Labute approximate surface area is 136 Å². The Morgan fingerprint density at radius 2 is 2.12 bits per heavy atom. The van der Waals surface area contributed by atoms with Crippen LogP contribution in [0.15, 0.2) is 21.9 Å². The summed E-state index contributed by atoms with van der Waals surface area (Å²) in [5.41, 5.74) is -1.49. The van der Waals surface area contributed by atoms with E-state index in [4.69, 9.17) is 13.8 Å². The molecule has 1 aliphatic rings. The van der Waals surface area contributed by atoms with E-state index in [-0.39, 0.29) is 0 Å². The highest BCUT2D eigenvalue weighted by Gasteiger charge is 2.49. The fraction of sp³-hybridized carbons (Fsp3) is 0.667. The maximum Gasteiger partial charge on any atom is 0.472 e. The van der Waals surface area contributed by atoms with Gasteiger partial charge in [0, 0.05) is 12.3 Å². The minimum Gasteiger partial charge on any atom is -0.394 e. The molecule has 1 aliphatic heterocycles. The van der Waals surface area contributed by atoms with Gasteiger partial charge in [0.2, 0.25) is 0 Å². The van der Waals surface area contributed by atoms with Crippen molar-refractivity contribution in [2.24, 2.45) is 0 Å². The summed E-state index contributed by atoms with van der Waals surface area (Å²) < 4.78 is 27.7. The summed E-state index contributed by atoms with van der Waals surface area (Å²) in [6.07, 6.45) is -5.02. The summed E-state index contributed by atoms with van der Waals surface area (Å²) >= 11 is 0. The Hall–Kier alpha value is -1.33. The van der Waals surface area contributed by atoms with Crippen molar-refractivity contribution in [3.8, 4) is 0 Å². The number of phosphoric ester groups is 1. The number of aliphatic hydroxyl groups excluding tert-OH is 2. The minimum atomic E-state index is -4.52. The molecule has 12 heteroatoms. The number of ether oxygens (including phenoxy) is 1. The number of hydrogen-bond acceptors (Lipinski definition) is 8. The second-order valence-corrected chi connectivity index (χ2v) is 6.81. The second kappa shape index (κ2) is 7.28. The van der Waals surface area contributed by atoms with Crippen LogP contribution in [0.2, 0.25) is 0 Å². The van der Waals surface area contributed by atoms with Crippen molar-refractivity contribution in [3.05, 3.63) is 33.1 Å². The fourth-order valence-electron chi connectivity index (χ4n) is 2.30. The summed E-state index contributed by atoms with van der Waals surface area (Å²) in [6.45, 7) is 2.39. The molecule has 0 aromatic carbocycles. The predicted molar refractivity (Wildman–Crippen MR) is 79.2 cm³/mol. The Kier molecular flexibility index (Phi) is 5.76. The van der Waals surface area contributed by atoms with Crippen molar-refractivity contribution in [3.63, 3.8) is 0 Å². The van der Waals surface area contributed by atoms with Crippen LogP contribution in [0.1, 0.15) is 20.1 Å². The molecular weight excluding hydrogens is 347 g/mol. The third-order valence-corrected chi connectivity index (χ3v) is 4.41. The highest BCUT2D eigenvalue weighted by Crippen LogP contribution is 2.49. The first-order valence-electron chi connectivity index (χ1n) is 7.10. The molecule has 0 spiro atoms. The largest absolute Gasteiger partial charge is 0.472 e. The molecule has 24 heavy (non-hydrogen) atoms. The van der Waals surface area contributed by atoms with Gasteiger partial charge in [0.05, 0.1) is 12.7 Å². The van der Waals surface area contributed by atoms with Crippen molar-refractivity contribution in [1.29, 1.82) is 0 Å². The maximum absolute atomic E-state index is 11.9. The topological polar surface area (TPSA) is 160 Å². The number of phosphoric acid groups is 1. The van der Waals surface area contributed by atoms with Gasteiger partial charge in [0.25, 0.3) is 5.56 Å². The molecule has 1 unspecified atom stereocenters. The molecule has 1 aromatic heterocycles. The van der Waals surface area contributed by atoms with Gasteiger partial charge in [-0.15, -0.1) is 0 Å². The molecule has 0 bridgehead atoms. The smallest absolute Gasteiger partial charge is 0.394 e. The molecule has 0 amide bonds. The number of aliphatic hydroxyl groups is 2. The second-order valence-electron chi connectivity index (χ2n) is 5.45. The molecule has 136 valence electrons. The number of nitrogens with one attached hydrogen (secondary N) is 1. The highest BCUT2D eigenvalue weighted by molar-refractivity contribution is 7.47. The zero-order valence-electron chi connectivity index (χ0n) is 12.9. The summed E-state index contributed by atoms with van der Waals surface area (Å²) in [4.78, 5) is 34.5. The van der Waals surface area contributed by atoms with Crippen LogP contribution in [0.25, 0.3) is 0 Å². The first-order valence-corrected chi connectivity index (χ1v) is 8.59. The normalized spacial score (nSPS) is 29.8. The van der Waals surface area contributed by atoms with E-state index in [1.165, 1.54) is 13.8 Å². The third-order valence-electron chi connectivity index (χ3n) is 3.21. The summed E-state index contributed by atoms with van der Waals surface area (Å²) in [5.74, 6) is 0. The van der Waals surface area contributed by atoms with E-state index in [2.05, 4.69) is 0 Å². The van der Waals surface area contributed by atoms with E-state index >= 15 is 0 Å². The molecule has 5 atom stereocenters. The molecule has 1 fully saturated rings. The van der Waals surface area contributed by atoms with Gasteiger partial charge in [0.1, 0.15) is 18.3 Å². The van der Waals surface area contributed by atoms with Crippen LogP contribution in [0, 0.1) is 0 Å². The Morgan fingerprint density at radius 1 is 1.46 bits per heavy atom. The van der Waals surface area contributed by atoms with Crippen molar-refractivity contribution in [2.45, 2.75) is 44.5 Å². The van der Waals surface area contributed by atoms with Gasteiger partial charge in [-0.25, -0.2) is 9.36 Å². The van der Waals surface area contributed by atoms with Crippen molar-refractivity contribution in [2.75, 3.05) is 6.61 Å². The zero-order valence-corrected chi connectivity index (χ0v) is 13.8. The van der Waals surface area contributed by atoms with Gasteiger partial charge >= 0.3 is 13.5 Å². The molecule has 2 heterocycles. The van der Waals surface area contributed by atoms with E-state index in [1.54, 1.807) is 0 Å². The molecule has 1 aromatic rings. The lowest BCUT2D eigenvalue weighted by molar-refractivity contribution is -0.0552. The standard InChI is InChI=1S/C12H19N2O9P/c1-6(2)22-24(19,20)23-10-7(5-15)21-11(9(10)17)14-4-3-8(16)13-12(14)18/h3-4,6-7,9-11,15,17H,5H2,1-2H3,(H,19,20)(H,13,16,18)/t7-,9-,10-,11-/m1/s1. The lowest BCUT2D eigenvalue weighted by atomic mass is 10.1. The van der Waals surface area contributed by atoms with Gasteiger partial charge in [-0.05, 0) is 13.8 Å². The number of rotatable bonds is 6. The number of H-pyrrole nitrogens is 1. The van der Waals surface area contributed by atoms with Crippen LogP contribution in [0.5, 0.6) is 0 Å². The van der Waals surface area contributed by atoms with Crippen molar-refractivity contribution in [1.82, 2.24) is 9.55 Å². The third kappa shape index (κ3) is 4.19. The summed E-state index contributed by atoms with van der Waals surface area (Å²) in [7, 11) is -4.52. The summed E-state index contributed by atoms with van der Waals surface area (Å²) in [5, 5.41) is 19.6. The van der Waals surface area contributed by atoms with Crippen LogP contribution in [0.4, 0.5) is 0 Å². The quantitative estimate of drug-likeness (QED) is 0.448. The van der Waals surface area contributed by atoms with Crippen LogP contribution in [0.3, 0.4) is 0 Å². The van der Waals surface area contributed by atoms with E-state index in [1.807, 2.05) is 4.98 Å². The number of aromatic nitrogens is 2. The highest BCUT2D eigenvalue weighted by atomic mass is 31.2. The lowest BCUT2D eigenvalue weighted by Gasteiger charge is -2.23. The first kappa shape index (κ1) is 19.0. The molecule has 0 saturated carbocycles. The molecule has 0 aliphatic carbocycles. The minimum absolute atomic E-state index is 0.620. The van der Waals surface area contributed by atoms with Crippen LogP contribution in [-0.4, -0.2) is 55.7 Å². The zero-order chi connectivity index (χ0) is 18.1. The SMILES string of the molecule is CC(C)OP(=O)(O)O[C@H]1[C@@H](O)[C@H](n2ccc(=O)[nH]c2=O)O[C@@H]1CO. The van der Waals surface area contributed by atoms with Gasteiger partial charge in [-0.2, -0.15) is 0 Å². The Morgan fingerprint density at radius 3 is 2.67 bits per heavy atom. The lowest BCUT2D eigenvalue weighted by Crippen LogP contribution is -2.38. The number of nitrogens with zero attached hydrogens (tertiary/aromatic N) is 1. The van der Waals surface area contributed by atoms with Crippen molar-refractivity contribution >= 4 is 7.82 Å². The monoisotopic (exact) mass is 366 g/mol.